The van der Waals surface area contributed by atoms with Gasteiger partial charge in [-0.05, 0) is 37.5 Å². The van der Waals surface area contributed by atoms with Crippen LogP contribution >= 0.6 is 0 Å². The van der Waals surface area contributed by atoms with Gasteiger partial charge in [0.05, 0.1) is 6.04 Å². The monoisotopic (exact) mass is 341 g/mol. The smallest absolute Gasteiger partial charge is 0.246 e. The number of carbonyl (C=O) groups excluding carboxylic acids is 2. The van der Waals surface area contributed by atoms with E-state index in [1.54, 1.807) is 13.8 Å². The highest BCUT2D eigenvalue weighted by atomic mass is 16.5. The van der Waals surface area contributed by atoms with Crippen LogP contribution in [0.25, 0.3) is 0 Å². The first-order valence-electron chi connectivity index (χ1n) is 8.63. The number of Topliss-reactive ketones (excluding diaryl/α,β-unsaturated/α-hetero) is 1. The number of hydrogen-bond donors (Lipinski definition) is 1. The summed E-state index contributed by atoms with van der Waals surface area (Å²) >= 11 is 0. The molecule has 1 aromatic carbocycles. The minimum Gasteiger partial charge on any atom is -0.488 e. The van der Waals surface area contributed by atoms with Crippen LogP contribution in [0.1, 0.15) is 37.8 Å². The lowest BCUT2D eigenvalue weighted by Crippen LogP contribution is -2.34. The number of amides is 1. The Morgan fingerprint density at radius 3 is 2.76 bits per heavy atom. The highest BCUT2D eigenvalue weighted by Gasteiger charge is 2.30. The average molecular weight is 341 g/mol. The van der Waals surface area contributed by atoms with Gasteiger partial charge in [0, 0.05) is 24.3 Å². The molecule has 25 heavy (non-hydrogen) atoms. The van der Waals surface area contributed by atoms with Gasteiger partial charge in [-0.2, -0.15) is 0 Å². The molecule has 0 aromatic heterocycles. The van der Waals surface area contributed by atoms with Crippen molar-refractivity contribution in [3.05, 3.63) is 58.9 Å². The van der Waals surface area contributed by atoms with Gasteiger partial charge in [-0.25, -0.2) is 5.06 Å². The van der Waals surface area contributed by atoms with E-state index in [1.807, 2.05) is 36.4 Å². The summed E-state index contributed by atoms with van der Waals surface area (Å²) < 4.78 is 5.80. The molecule has 1 amide bonds. The predicted molar refractivity (Wildman–Crippen MR) is 92.6 cm³/mol. The first-order valence-corrected chi connectivity index (χ1v) is 8.63. The number of fused-ring (bicyclic) bond motifs is 1. The Hall–Kier alpha value is -2.40. The van der Waals surface area contributed by atoms with E-state index in [4.69, 9.17) is 4.74 Å². The van der Waals surface area contributed by atoms with Crippen LogP contribution in [0.15, 0.2) is 47.7 Å². The average Bonchev–Trinajstić information content (AvgIpc) is 2.80. The predicted octanol–water partition coefficient (Wildman–Crippen LogP) is 3.17. The number of ether oxygens (including phenoxy) is 1. The van der Waals surface area contributed by atoms with Crippen molar-refractivity contribution >= 4 is 11.7 Å². The number of allylic oxidation sites excluding steroid dienone is 3. The summed E-state index contributed by atoms with van der Waals surface area (Å²) in [5, 5.41) is 10.4. The molecule has 0 spiro atoms. The highest BCUT2D eigenvalue weighted by molar-refractivity contribution is 6.01. The maximum Gasteiger partial charge on any atom is 0.246 e. The zero-order chi connectivity index (χ0) is 18.0. The molecule has 1 N–H and O–H groups in total. The number of benzene rings is 1. The molecule has 0 fully saturated rings. The van der Waals surface area contributed by atoms with Crippen LogP contribution in [-0.2, 0) is 27.4 Å². The summed E-state index contributed by atoms with van der Waals surface area (Å²) in [4.78, 5) is 24.8. The molecular weight excluding hydrogens is 318 g/mol. The first-order chi connectivity index (χ1) is 12.0. The van der Waals surface area contributed by atoms with Gasteiger partial charge in [0.1, 0.15) is 12.4 Å². The van der Waals surface area contributed by atoms with Gasteiger partial charge in [-0.15, -0.1) is 0 Å². The Bertz CT molecular complexity index is 748. The zero-order valence-electron chi connectivity index (χ0n) is 14.6. The first kappa shape index (κ1) is 17.4. The molecular formula is C20H23NO4. The van der Waals surface area contributed by atoms with Gasteiger partial charge < -0.3 is 4.74 Å². The van der Waals surface area contributed by atoms with E-state index in [2.05, 4.69) is 0 Å². The normalized spacial score (nSPS) is 19.2. The fraction of sp³-hybridized carbons (Fsp3) is 0.400. The van der Waals surface area contributed by atoms with Crippen molar-refractivity contribution in [1.29, 1.82) is 0 Å². The largest absolute Gasteiger partial charge is 0.488 e. The molecule has 0 bridgehead atoms. The van der Waals surface area contributed by atoms with Crippen molar-refractivity contribution < 1.29 is 19.5 Å². The quantitative estimate of drug-likeness (QED) is 0.675. The standard InChI is InChI=1S/C20H23NO4/c1-13(2)21(24)19(22)10-8-14-7-9-18-17(20(14)23)11-15-5-3-4-6-16(15)12-25-18/h3-7,9,13-14,24H,8,10-12H2,1-2H3. The van der Waals surface area contributed by atoms with Gasteiger partial charge in [-0.1, -0.05) is 30.3 Å². The molecule has 1 heterocycles. The van der Waals surface area contributed by atoms with Gasteiger partial charge in [0.2, 0.25) is 5.91 Å². The maximum atomic E-state index is 12.9. The Kier molecular flexibility index (Phi) is 5.04. The number of hydroxylamine groups is 2. The second-order valence-corrected chi connectivity index (χ2v) is 6.78. The van der Waals surface area contributed by atoms with E-state index in [-0.39, 0.29) is 30.1 Å². The van der Waals surface area contributed by atoms with Crippen LogP contribution in [0, 0.1) is 5.92 Å². The third-order valence-corrected chi connectivity index (χ3v) is 4.69. The molecule has 5 heteroatoms. The van der Waals surface area contributed by atoms with Crippen LogP contribution < -0.4 is 0 Å². The van der Waals surface area contributed by atoms with Gasteiger partial charge in [0.25, 0.3) is 0 Å². The third-order valence-electron chi connectivity index (χ3n) is 4.69. The van der Waals surface area contributed by atoms with Crippen LogP contribution in [0.3, 0.4) is 0 Å². The minimum atomic E-state index is -0.363. The minimum absolute atomic E-state index is 0.0102. The van der Waals surface area contributed by atoms with E-state index >= 15 is 0 Å². The summed E-state index contributed by atoms with van der Waals surface area (Å²) in [7, 11) is 0. The van der Waals surface area contributed by atoms with Crippen LogP contribution in [0.4, 0.5) is 0 Å². The second-order valence-electron chi connectivity index (χ2n) is 6.78. The summed E-state index contributed by atoms with van der Waals surface area (Å²) in [5.41, 5.74) is 2.87. The fourth-order valence-electron chi connectivity index (χ4n) is 3.17. The van der Waals surface area contributed by atoms with Gasteiger partial charge in [-0.3, -0.25) is 14.8 Å². The molecule has 5 nitrogen and oxygen atoms in total. The SMILES string of the molecule is CC(C)N(O)C(=O)CCC1C=CC2=C(Cc3ccccc3CO2)C1=O. The van der Waals surface area contributed by atoms with E-state index in [0.29, 0.717) is 30.8 Å². The second kappa shape index (κ2) is 7.23. The van der Waals surface area contributed by atoms with Crippen molar-refractivity contribution in [2.75, 3.05) is 0 Å². The topological polar surface area (TPSA) is 66.8 Å². The molecule has 1 aliphatic carbocycles. The van der Waals surface area contributed by atoms with E-state index in [0.717, 1.165) is 16.2 Å². The number of hydrogen-bond acceptors (Lipinski definition) is 4. The summed E-state index contributed by atoms with van der Waals surface area (Å²) in [5.74, 6) is -0.0682. The van der Waals surface area contributed by atoms with E-state index in [1.165, 1.54) is 0 Å². The summed E-state index contributed by atoms with van der Waals surface area (Å²) in [6, 6.07) is 7.69. The van der Waals surface area contributed by atoms with Crippen molar-refractivity contribution in [3.8, 4) is 0 Å². The lowest BCUT2D eigenvalue weighted by Gasteiger charge is -2.22. The van der Waals surface area contributed by atoms with Crippen molar-refractivity contribution in [2.24, 2.45) is 5.92 Å². The molecule has 3 rings (SSSR count). The van der Waals surface area contributed by atoms with Crippen molar-refractivity contribution in [3.63, 3.8) is 0 Å². The molecule has 1 unspecified atom stereocenters. The van der Waals surface area contributed by atoms with Crippen LogP contribution in [-0.4, -0.2) is 28.0 Å². The Labute approximate surface area is 147 Å². The lowest BCUT2D eigenvalue weighted by atomic mass is 9.85. The number of rotatable bonds is 4. The fourth-order valence-corrected chi connectivity index (χ4v) is 3.17. The number of nitrogens with zero attached hydrogens (tertiary/aromatic N) is 1. The Morgan fingerprint density at radius 1 is 1.32 bits per heavy atom. The van der Waals surface area contributed by atoms with E-state index in [9.17, 15) is 14.8 Å². The van der Waals surface area contributed by atoms with Crippen LogP contribution in [0.5, 0.6) is 0 Å². The zero-order valence-corrected chi connectivity index (χ0v) is 14.6. The molecule has 2 aliphatic rings. The number of carbonyl (C=O) groups is 2. The highest BCUT2D eigenvalue weighted by Crippen LogP contribution is 2.31. The summed E-state index contributed by atoms with van der Waals surface area (Å²) in [6.07, 6.45) is 4.72. The molecule has 0 saturated heterocycles. The Morgan fingerprint density at radius 2 is 2.04 bits per heavy atom. The third kappa shape index (κ3) is 3.66. The lowest BCUT2D eigenvalue weighted by molar-refractivity contribution is -0.173. The van der Waals surface area contributed by atoms with Crippen molar-refractivity contribution in [2.45, 2.75) is 45.8 Å². The number of ketones is 1. The van der Waals surface area contributed by atoms with Crippen LogP contribution in [0.2, 0.25) is 0 Å². The maximum absolute atomic E-state index is 12.9. The summed E-state index contributed by atoms with van der Waals surface area (Å²) in [6.45, 7) is 3.94. The van der Waals surface area contributed by atoms with Crippen molar-refractivity contribution in [1.82, 2.24) is 5.06 Å². The molecule has 1 aliphatic heterocycles. The van der Waals surface area contributed by atoms with Gasteiger partial charge in [0.15, 0.2) is 5.78 Å². The Balaban J connectivity index is 1.70. The molecule has 1 aromatic rings. The molecule has 1 atom stereocenters. The van der Waals surface area contributed by atoms with E-state index < -0.39 is 0 Å². The molecule has 0 saturated carbocycles. The van der Waals surface area contributed by atoms with Gasteiger partial charge >= 0.3 is 0 Å². The molecule has 132 valence electrons. The molecule has 0 radical (unpaired) electrons.